The maximum Gasteiger partial charge on any atom is 0.0952 e. The van der Waals surface area contributed by atoms with Crippen LogP contribution >= 0.6 is 22.9 Å². The third kappa shape index (κ3) is 1.20. The fourth-order valence-corrected chi connectivity index (χ4v) is 4.80. The first-order valence-electron chi connectivity index (χ1n) is 3.56. The lowest BCUT2D eigenvalue weighted by Gasteiger charge is -2.12. The van der Waals surface area contributed by atoms with Gasteiger partial charge in [0.1, 0.15) is 0 Å². The van der Waals surface area contributed by atoms with Gasteiger partial charge in [0.05, 0.1) is 32.6 Å². The van der Waals surface area contributed by atoms with Gasteiger partial charge in [-0.15, -0.1) is 0 Å². The highest BCUT2D eigenvalue weighted by atomic mass is 127. The summed E-state index contributed by atoms with van der Waals surface area (Å²) in [5.41, 5.74) is 0. The molecule has 3 unspecified atom stereocenters. The van der Waals surface area contributed by atoms with Crippen molar-refractivity contribution in [2.75, 3.05) is 11.5 Å². The molecule has 0 aromatic rings. The molecule has 4 heteroatoms. The highest BCUT2D eigenvalue weighted by Crippen LogP contribution is 2.46. The Balaban J connectivity index is 2.21. The minimum atomic E-state index is -1.72. The Kier molecular flexibility index (Phi) is 1.71. The van der Waals surface area contributed by atoms with E-state index in [0.717, 1.165) is 29.8 Å². The van der Waals surface area contributed by atoms with Crippen LogP contribution in [0.1, 0.15) is 12.8 Å². The SMILES string of the molecule is O=S1(=NI)CCC2CC2C1. The van der Waals surface area contributed by atoms with Crippen molar-refractivity contribution in [2.45, 2.75) is 12.8 Å². The molecular formula is C6H10INOS. The molecule has 3 atom stereocenters. The molecule has 2 aliphatic rings. The zero-order chi connectivity index (χ0) is 7.19. The molecule has 0 bridgehead atoms. The molecule has 0 aromatic heterocycles. The number of fused-ring (bicyclic) bond motifs is 1. The van der Waals surface area contributed by atoms with Crippen molar-refractivity contribution in [3.63, 3.8) is 0 Å². The molecule has 1 aliphatic heterocycles. The second-order valence-electron chi connectivity index (χ2n) is 3.26. The van der Waals surface area contributed by atoms with E-state index in [1.807, 2.05) is 22.9 Å². The predicted octanol–water partition coefficient (Wildman–Crippen LogP) is 1.84. The molecule has 58 valence electrons. The highest BCUT2D eigenvalue weighted by Gasteiger charge is 2.43. The Hall–Kier alpha value is 0.680. The fourth-order valence-electron chi connectivity index (χ4n) is 1.68. The molecule has 10 heavy (non-hydrogen) atoms. The summed E-state index contributed by atoms with van der Waals surface area (Å²) in [5, 5.41) is 0. The van der Waals surface area contributed by atoms with Gasteiger partial charge in [0.2, 0.25) is 0 Å². The van der Waals surface area contributed by atoms with Crippen LogP contribution in [0.5, 0.6) is 0 Å². The van der Waals surface area contributed by atoms with Gasteiger partial charge < -0.3 is 0 Å². The minimum Gasteiger partial charge on any atom is -0.249 e. The van der Waals surface area contributed by atoms with E-state index in [2.05, 4.69) is 2.58 Å². The molecule has 1 saturated carbocycles. The van der Waals surface area contributed by atoms with Crippen LogP contribution in [0.2, 0.25) is 0 Å². The van der Waals surface area contributed by atoms with E-state index >= 15 is 0 Å². The third-order valence-corrected chi connectivity index (χ3v) is 6.70. The molecule has 0 amide bonds. The first-order chi connectivity index (χ1) is 4.73. The van der Waals surface area contributed by atoms with Crippen LogP contribution in [0.25, 0.3) is 0 Å². The molecule has 1 heterocycles. The summed E-state index contributed by atoms with van der Waals surface area (Å²) < 4.78 is 15.6. The predicted molar refractivity (Wildman–Crippen MR) is 50.5 cm³/mol. The second kappa shape index (κ2) is 2.33. The van der Waals surface area contributed by atoms with Crippen molar-refractivity contribution < 1.29 is 4.21 Å². The van der Waals surface area contributed by atoms with E-state index in [9.17, 15) is 4.21 Å². The maximum absolute atomic E-state index is 11.6. The van der Waals surface area contributed by atoms with Crippen LogP contribution in [0.4, 0.5) is 0 Å². The number of halogens is 1. The van der Waals surface area contributed by atoms with Gasteiger partial charge in [0, 0.05) is 11.5 Å². The zero-order valence-corrected chi connectivity index (χ0v) is 8.60. The summed E-state index contributed by atoms with van der Waals surface area (Å²) in [6, 6.07) is 0. The Morgan fingerprint density at radius 3 is 2.90 bits per heavy atom. The van der Waals surface area contributed by atoms with Crippen LogP contribution < -0.4 is 0 Å². The molecule has 1 saturated heterocycles. The van der Waals surface area contributed by atoms with Crippen molar-refractivity contribution in [2.24, 2.45) is 14.4 Å². The summed E-state index contributed by atoms with van der Waals surface area (Å²) >= 11 is 1.90. The molecule has 0 radical (unpaired) electrons. The van der Waals surface area contributed by atoms with Gasteiger partial charge in [0.25, 0.3) is 0 Å². The first kappa shape index (κ1) is 7.34. The molecular weight excluding hydrogens is 261 g/mol. The van der Waals surface area contributed by atoms with E-state index in [1.165, 1.54) is 6.42 Å². The Morgan fingerprint density at radius 1 is 1.50 bits per heavy atom. The average molecular weight is 271 g/mol. The summed E-state index contributed by atoms with van der Waals surface area (Å²) in [7, 11) is -1.72. The second-order valence-corrected chi connectivity index (χ2v) is 6.86. The smallest absolute Gasteiger partial charge is 0.0952 e. The van der Waals surface area contributed by atoms with Gasteiger partial charge in [0.15, 0.2) is 0 Å². The number of hydrogen-bond acceptors (Lipinski definition) is 2. The van der Waals surface area contributed by atoms with Gasteiger partial charge >= 0.3 is 0 Å². The summed E-state index contributed by atoms with van der Waals surface area (Å²) in [4.78, 5) is 0. The van der Waals surface area contributed by atoms with E-state index in [1.54, 1.807) is 0 Å². The monoisotopic (exact) mass is 271 g/mol. The van der Waals surface area contributed by atoms with E-state index in [-0.39, 0.29) is 0 Å². The first-order valence-corrected chi connectivity index (χ1v) is 6.38. The number of nitrogens with zero attached hydrogens (tertiary/aromatic N) is 1. The number of rotatable bonds is 0. The van der Waals surface area contributed by atoms with Crippen molar-refractivity contribution in [1.29, 1.82) is 0 Å². The van der Waals surface area contributed by atoms with Crippen LogP contribution in [-0.4, -0.2) is 15.7 Å². The van der Waals surface area contributed by atoms with Crippen LogP contribution in [0, 0.1) is 11.8 Å². The lowest BCUT2D eigenvalue weighted by molar-refractivity contribution is 0.639. The Bertz CT molecular complexity index is 256. The lowest BCUT2D eigenvalue weighted by atomic mass is 10.3. The van der Waals surface area contributed by atoms with Gasteiger partial charge in [-0.2, -0.15) is 2.58 Å². The van der Waals surface area contributed by atoms with Crippen molar-refractivity contribution in [3.05, 3.63) is 0 Å². The van der Waals surface area contributed by atoms with Crippen molar-refractivity contribution in [1.82, 2.24) is 0 Å². The Labute approximate surface area is 75.4 Å². The molecule has 2 fully saturated rings. The summed E-state index contributed by atoms with van der Waals surface area (Å²) in [5.74, 6) is 3.45. The van der Waals surface area contributed by atoms with Crippen LogP contribution in [0.3, 0.4) is 0 Å². The molecule has 2 nitrogen and oxygen atoms in total. The topological polar surface area (TPSA) is 29.4 Å². The molecule has 1 aliphatic carbocycles. The zero-order valence-electron chi connectivity index (χ0n) is 5.62. The molecule has 0 N–H and O–H groups in total. The van der Waals surface area contributed by atoms with Crippen LogP contribution in [0.15, 0.2) is 2.58 Å². The standard InChI is InChI=1S/C6H10INOS/c7-8-10(9)2-1-5-3-6(5)4-10/h5-6H,1-4H2. The van der Waals surface area contributed by atoms with Gasteiger partial charge in [-0.3, -0.25) is 0 Å². The Morgan fingerprint density at radius 2 is 2.30 bits per heavy atom. The van der Waals surface area contributed by atoms with Gasteiger partial charge in [-0.25, -0.2) is 4.21 Å². The molecule has 2 rings (SSSR count). The quantitative estimate of drug-likeness (QED) is 0.618. The van der Waals surface area contributed by atoms with Gasteiger partial charge in [-0.05, 0) is 24.7 Å². The number of hydrogen-bond donors (Lipinski definition) is 0. The normalized spacial score (nSPS) is 51.7. The molecule has 0 spiro atoms. The van der Waals surface area contributed by atoms with Gasteiger partial charge in [-0.1, -0.05) is 0 Å². The lowest BCUT2D eigenvalue weighted by Crippen LogP contribution is -2.17. The minimum absolute atomic E-state index is 0.778. The highest BCUT2D eigenvalue weighted by molar-refractivity contribution is 14.1. The van der Waals surface area contributed by atoms with Crippen molar-refractivity contribution >= 4 is 32.6 Å². The van der Waals surface area contributed by atoms with Crippen molar-refractivity contribution in [3.8, 4) is 0 Å². The summed E-state index contributed by atoms with van der Waals surface area (Å²) in [6.45, 7) is 0. The third-order valence-electron chi connectivity index (χ3n) is 2.48. The van der Waals surface area contributed by atoms with Crippen LogP contribution in [-0.2, 0) is 9.73 Å². The summed E-state index contributed by atoms with van der Waals surface area (Å²) in [6.07, 6.45) is 2.49. The largest absolute Gasteiger partial charge is 0.249 e. The molecule has 0 aromatic carbocycles. The fraction of sp³-hybridized carbons (Fsp3) is 1.00. The van der Waals surface area contributed by atoms with E-state index in [0.29, 0.717) is 0 Å². The van der Waals surface area contributed by atoms with E-state index in [4.69, 9.17) is 0 Å². The van der Waals surface area contributed by atoms with E-state index < -0.39 is 9.73 Å². The average Bonchev–Trinajstić information content (AvgIpc) is 2.66. The maximum atomic E-state index is 11.6.